The van der Waals surface area contributed by atoms with E-state index in [1.807, 2.05) is 24.3 Å². The Bertz CT molecular complexity index is 862. The second-order valence-electron chi connectivity index (χ2n) is 6.00. The largest absolute Gasteiger partial charge is 0.496 e. The highest BCUT2D eigenvalue weighted by atomic mass is 32.2. The summed E-state index contributed by atoms with van der Waals surface area (Å²) in [7, 11) is -2.36. The first-order valence-electron chi connectivity index (χ1n) is 8.01. The normalized spacial score (nSPS) is 16.8. The molecular weight excluding hydrogens is 348 g/mol. The van der Waals surface area contributed by atoms with E-state index in [1.54, 1.807) is 7.11 Å². The zero-order chi connectivity index (χ0) is 18.0. The molecule has 1 aliphatic rings. The van der Waals surface area contributed by atoms with E-state index in [4.69, 9.17) is 4.74 Å². The maximum Gasteiger partial charge on any atom is 0.245 e. The van der Waals surface area contributed by atoms with E-state index in [2.05, 4.69) is 0 Å². The number of rotatable bonds is 4. The van der Waals surface area contributed by atoms with Gasteiger partial charge in [-0.25, -0.2) is 17.2 Å². The monoisotopic (exact) mass is 367 g/mol. The predicted octanol–water partition coefficient (Wildman–Crippen LogP) is 3.54. The van der Waals surface area contributed by atoms with Gasteiger partial charge >= 0.3 is 0 Å². The topological polar surface area (TPSA) is 46.6 Å². The van der Waals surface area contributed by atoms with Crippen molar-refractivity contribution in [3.63, 3.8) is 0 Å². The zero-order valence-electron chi connectivity index (χ0n) is 13.8. The Morgan fingerprint density at radius 2 is 1.76 bits per heavy atom. The summed E-state index contributed by atoms with van der Waals surface area (Å²) in [6.07, 6.45) is 1.23. The molecule has 0 aliphatic carbocycles. The molecule has 0 unspecified atom stereocenters. The van der Waals surface area contributed by atoms with Crippen molar-refractivity contribution in [2.75, 3.05) is 20.2 Å². The second-order valence-corrected chi connectivity index (χ2v) is 7.90. The van der Waals surface area contributed by atoms with Crippen LogP contribution in [0, 0.1) is 11.6 Å². The van der Waals surface area contributed by atoms with Crippen molar-refractivity contribution in [3.8, 4) is 5.75 Å². The molecule has 1 saturated heterocycles. The first-order chi connectivity index (χ1) is 11.9. The Morgan fingerprint density at radius 3 is 2.40 bits per heavy atom. The highest BCUT2D eigenvalue weighted by molar-refractivity contribution is 7.89. The first kappa shape index (κ1) is 17.8. The molecular formula is C18H19F2NO3S. The van der Waals surface area contributed by atoms with Crippen LogP contribution in [0.1, 0.15) is 24.3 Å². The number of nitrogens with zero attached hydrogens (tertiary/aromatic N) is 1. The number of ether oxygens (including phenoxy) is 1. The van der Waals surface area contributed by atoms with Crippen LogP contribution in [0.25, 0.3) is 0 Å². The maximum atomic E-state index is 13.9. The molecule has 0 bridgehead atoms. The summed E-state index contributed by atoms with van der Waals surface area (Å²) in [5, 5.41) is 0. The summed E-state index contributed by atoms with van der Waals surface area (Å²) in [5.41, 5.74) is 1.05. The minimum Gasteiger partial charge on any atom is -0.496 e. The van der Waals surface area contributed by atoms with E-state index in [9.17, 15) is 17.2 Å². The van der Waals surface area contributed by atoms with E-state index >= 15 is 0 Å². The van der Waals surface area contributed by atoms with E-state index in [1.165, 1.54) is 4.31 Å². The lowest BCUT2D eigenvalue weighted by Crippen LogP contribution is -2.38. The number of hydrogen-bond acceptors (Lipinski definition) is 3. The molecule has 4 nitrogen and oxygen atoms in total. The van der Waals surface area contributed by atoms with Crippen molar-refractivity contribution in [3.05, 3.63) is 59.7 Å². The summed E-state index contributed by atoms with van der Waals surface area (Å²) >= 11 is 0. The molecule has 1 heterocycles. The number of methoxy groups -OCH3 is 1. The van der Waals surface area contributed by atoms with Crippen LogP contribution in [0.5, 0.6) is 5.75 Å². The summed E-state index contributed by atoms with van der Waals surface area (Å²) in [6, 6.07) is 10.2. The molecule has 0 atom stereocenters. The van der Waals surface area contributed by atoms with Gasteiger partial charge in [0.1, 0.15) is 22.3 Å². The lowest BCUT2D eigenvalue weighted by Gasteiger charge is -2.32. The molecule has 0 saturated carbocycles. The van der Waals surface area contributed by atoms with Gasteiger partial charge in [-0.05, 0) is 42.5 Å². The van der Waals surface area contributed by atoms with Crippen LogP contribution in [-0.2, 0) is 10.0 Å². The molecule has 0 spiro atoms. The zero-order valence-corrected chi connectivity index (χ0v) is 14.6. The Balaban J connectivity index is 1.77. The SMILES string of the molecule is COc1ccccc1C1CCN(S(=O)(=O)c2ccc(F)cc2F)CC1. The van der Waals surface area contributed by atoms with Crippen LogP contribution in [0.4, 0.5) is 8.78 Å². The highest BCUT2D eigenvalue weighted by Gasteiger charge is 2.32. The summed E-state index contributed by atoms with van der Waals surface area (Å²) in [6.45, 7) is 0.559. The Hall–Kier alpha value is -1.99. The Kier molecular flexibility index (Phi) is 5.06. The fraction of sp³-hybridized carbons (Fsp3) is 0.333. The molecule has 3 rings (SSSR count). The minimum absolute atomic E-state index is 0.181. The minimum atomic E-state index is -3.97. The third kappa shape index (κ3) is 3.52. The van der Waals surface area contributed by atoms with Crippen LogP contribution in [-0.4, -0.2) is 32.9 Å². The van der Waals surface area contributed by atoms with Gasteiger partial charge in [0.2, 0.25) is 10.0 Å². The lowest BCUT2D eigenvalue weighted by atomic mass is 9.89. The van der Waals surface area contributed by atoms with Crippen LogP contribution >= 0.6 is 0 Å². The average molecular weight is 367 g/mol. The fourth-order valence-corrected chi connectivity index (χ4v) is 4.75. The first-order valence-corrected chi connectivity index (χ1v) is 9.45. The Labute approximate surface area is 146 Å². The van der Waals surface area contributed by atoms with Gasteiger partial charge in [0.15, 0.2) is 0 Å². The third-order valence-electron chi connectivity index (χ3n) is 4.54. The quantitative estimate of drug-likeness (QED) is 0.830. The van der Waals surface area contributed by atoms with Gasteiger partial charge in [-0.2, -0.15) is 4.31 Å². The lowest BCUT2D eigenvalue weighted by molar-refractivity contribution is 0.312. The molecule has 2 aromatic carbocycles. The van der Waals surface area contributed by atoms with Crippen LogP contribution < -0.4 is 4.74 Å². The fourth-order valence-electron chi connectivity index (χ4n) is 3.23. The number of halogens is 2. The number of para-hydroxylation sites is 1. The van der Waals surface area contributed by atoms with Gasteiger partial charge in [0, 0.05) is 19.2 Å². The van der Waals surface area contributed by atoms with Gasteiger partial charge in [-0.1, -0.05) is 18.2 Å². The van der Waals surface area contributed by atoms with Crippen molar-refractivity contribution in [2.24, 2.45) is 0 Å². The van der Waals surface area contributed by atoms with E-state index in [-0.39, 0.29) is 19.0 Å². The summed E-state index contributed by atoms with van der Waals surface area (Å²) < 4.78 is 58.8. The molecule has 134 valence electrons. The van der Waals surface area contributed by atoms with Gasteiger partial charge in [0.25, 0.3) is 0 Å². The smallest absolute Gasteiger partial charge is 0.245 e. The number of piperidine rings is 1. The molecule has 0 aromatic heterocycles. The van der Waals surface area contributed by atoms with Crippen molar-refractivity contribution >= 4 is 10.0 Å². The third-order valence-corrected chi connectivity index (χ3v) is 6.48. The van der Waals surface area contributed by atoms with Gasteiger partial charge in [-0.3, -0.25) is 0 Å². The van der Waals surface area contributed by atoms with Crippen LogP contribution in [0.15, 0.2) is 47.4 Å². The maximum absolute atomic E-state index is 13.9. The molecule has 7 heteroatoms. The van der Waals surface area contributed by atoms with Gasteiger partial charge < -0.3 is 4.74 Å². The van der Waals surface area contributed by atoms with E-state index in [0.717, 1.165) is 23.4 Å². The number of hydrogen-bond donors (Lipinski definition) is 0. The molecule has 2 aromatic rings. The second kappa shape index (κ2) is 7.09. The van der Waals surface area contributed by atoms with Crippen LogP contribution in [0.2, 0.25) is 0 Å². The van der Waals surface area contributed by atoms with E-state index in [0.29, 0.717) is 18.9 Å². The molecule has 1 fully saturated rings. The number of benzene rings is 2. The van der Waals surface area contributed by atoms with E-state index < -0.39 is 26.6 Å². The standard InChI is InChI=1S/C18H19F2NO3S/c1-24-17-5-3-2-4-15(17)13-8-10-21(11-9-13)25(22,23)18-7-6-14(19)12-16(18)20/h2-7,12-13H,8-11H2,1H3. The molecule has 25 heavy (non-hydrogen) atoms. The molecule has 0 amide bonds. The van der Waals surface area contributed by atoms with Gasteiger partial charge in [0.05, 0.1) is 7.11 Å². The average Bonchev–Trinajstić information content (AvgIpc) is 2.61. The van der Waals surface area contributed by atoms with Crippen molar-refractivity contribution in [1.82, 2.24) is 4.31 Å². The molecule has 0 radical (unpaired) electrons. The van der Waals surface area contributed by atoms with Crippen molar-refractivity contribution in [2.45, 2.75) is 23.7 Å². The summed E-state index contributed by atoms with van der Waals surface area (Å²) in [4.78, 5) is -0.482. The van der Waals surface area contributed by atoms with Gasteiger partial charge in [-0.15, -0.1) is 0 Å². The molecule has 1 aliphatic heterocycles. The number of sulfonamides is 1. The predicted molar refractivity (Wildman–Crippen MR) is 90.1 cm³/mol. The van der Waals surface area contributed by atoms with Crippen molar-refractivity contribution < 1.29 is 21.9 Å². The Morgan fingerprint density at radius 1 is 1.08 bits per heavy atom. The molecule has 0 N–H and O–H groups in total. The van der Waals surface area contributed by atoms with Crippen molar-refractivity contribution in [1.29, 1.82) is 0 Å². The van der Waals surface area contributed by atoms with Crippen LogP contribution in [0.3, 0.4) is 0 Å². The highest BCUT2D eigenvalue weighted by Crippen LogP contribution is 2.35. The summed E-state index contributed by atoms with van der Waals surface area (Å²) in [5.74, 6) is -0.896.